The number of aromatic nitrogens is 1. The predicted octanol–water partition coefficient (Wildman–Crippen LogP) is 2.27. The normalized spacial score (nSPS) is 22.7. The summed E-state index contributed by atoms with van der Waals surface area (Å²) < 4.78 is 19.7. The number of hydrogen-bond donors (Lipinski definition) is 2. The van der Waals surface area contributed by atoms with Gasteiger partial charge in [-0.3, -0.25) is 4.99 Å². The number of guanidine groups is 1. The zero-order chi connectivity index (χ0) is 19.1. The molecule has 0 amide bonds. The van der Waals surface area contributed by atoms with Crippen molar-refractivity contribution in [2.24, 2.45) is 4.99 Å². The summed E-state index contributed by atoms with van der Waals surface area (Å²) in [4.78, 5) is 11.1. The Bertz CT molecular complexity index is 638. The van der Waals surface area contributed by atoms with E-state index in [9.17, 15) is 4.39 Å². The summed E-state index contributed by atoms with van der Waals surface area (Å²) in [5.41, 5.74) is 0. The number of hydrogen-bond acceptors (Lipinski definition) is 5. The standard InChI is InChI=1S/C19H30FN5OS/c1-3-21-18(23-14-19(27-2)7-11-26-12-8-19)24-15-6-10-25(13-15)17-16(20)5-4-9-22-17/h4-5,9,15H,3,6-8,10-14H2,1-2H3,(H2,21,23,24). The molecule has 1 unspecified atom stereocenters. The lowest BCUT2D eigenvalue weighted by atomic mass is 9.99. The van der Waals surface area contributed by atoms with Gasteiger partial charge in [-0.15, -0.1) is 0 Å². The molecule has 0 saturated carbocycles. The lowest BCUT2D eigenvalue weighted by molar-refractivity contribution is 0.0794. The minimum atomic E-state index is -0.264. The molecule has 27 heavy (non-hydrogen) atoms. The van der Waals surface area contributed by atoms with Gasteiger partial charge in [0.1, 0.15) is 0 Å². The molecule has 3 heterocycles. The van der Waals surface area contributed by atoms with Crippen LogP contribution in [-0.4, -0.2) is 67.4 Å². The Hall–Kier alpha value is -1.54. The lowest BCUT2D eigenvalue weighted by Gasteiger charge is -2.34. The topological polar surface area (TPSA) is 61.8 Å². The molecule has 2 N–H and O–H groups in total. The highest BCUT2D eigenvalue weighted by Gasteiger charge is 2.32. The molecule has 2 aliphatic heterocycles. The summed E-state index contributed by atoms with van der Waals surface area (Å²) in [5, 5.41) is 6.87. The summed E-state index contributed by atoms with van der Waals surface area (Å²) in [6.45, 7) is 6.79. The number of halogens is 1. The average molecular weight is 396 g/mol. The number of anilines is 1. The molecule has 0 spiro atoms. The highest BCUT2D eigenvalue weighted by Crippen LogP contribution is 2.34. The van der Waals surface area contributed by atoms with Gasteiger partial charge in [0.05, 0.1) is 6.54 Å². The average Bonchev–Trinajstić information content (AvgIpc) is 3.16. The minimum Gasteiger partial charge on any atom is -0.381 e. The Morgan fingerprint density at radius 3 is 3.00 bits per heavy atom. The number of ether oxygens (including phenoxy) is 1. The second kappa shape index (κ2) is 9.59. The Labute approximate surface area is 165 Å². The quantitative estimate of drug-likeness (QED) is 0.569. The van der Waals surface area contributed by atoms with E-state index in [0.717, 1.165) is 64.6 Å². The third kappa shape index (κ3) is 5.25. The summed E-state index contributed by atoms with van der Waals surface area (Å²) >= 11 is 1.89. The third-order valence-corrected chi connectivity index (χ3v) is 6.68. The van der Waals surface area contributed by atoms with Gasteiger partial charge in [-0.05, 0) is 44.6 Å². The number of pyridine rings is 1. The van der Waals surface area contributed by atoms with Crippen LogP contribution in [0.3, 0.4) is 0 Å². The molecule has 1 atom stereocenters. The van der Waals surface area contributed by atoms with Gasteiger partial charge in [0.25, 0.3) is 0 Å². The van der Waals surface area contributed by atoms with Crippen LogP contribution in [0.5, 0.6) is 0 Å². The van der Waals surface area contributed by atoms with Gasteiger partial charge < -0.3 is 20.3 Å². The van der Waals surface area contributed by atoms with Crippen LogP contribution in [0, 0.1) is 5.82 Å². The zero-order valence-electron chi connectivity index (χ0n) is 16.2. The van der Waals surface area contributed by atoms with Crippen molar-refractivity contribution in [3.05, 3.63) is 24.1 Å². The van der Waals surface area contributed by atoms with Crippen LogP contribution >= 0.6 is 11.8 Å². The van der Waals surface area contributed by atoms with Gasteiger partial charge in [-0.25, -0.2) is 9.37 Å². The first-order valence-corrected chi connectivity index (χ1v) is 10.9. The van der Waals surface area contributed by atoms with E-state index in [1.807, 2.05) is 16.7 Å². The van der Waals surface area contributed by atoms with E-state index in [-0.39, 0.29) is 16.6 Å². The van der Waals surface area contributed by atoms with Crippen LogP contribution in [0.4, 0.5) is 10.2 Å². The predicted molar refractivity (Wildman–Crippen MR) is 110 cm³/mol. The van der Waals surface area contributed by atoms with E-state index < -0.39 is 0 Å². The van der Waals surface area contributed by atoms with E-state index in [2.05, 4.69) is 28.8 Å². The fourth-order valence-electron chi connectivity index (χ4n) is 3.59. The maximum atomic E-state index is 14.0. The van der Waals surface area contributed by atoms with E-state index in [1.165, 1.54) is 6.07 Å². The van der Waals surface area contributed by atoms with Crippen LogP contribution in [0.1, 0.15) is 26.2 Å². The molecule has 0 aliphatic carbocycles. The number of rotatable bonds is 6. The molecular weight excluding hydrogens is 365 g/mol. The van der Waals surface area contributed by atoms with Crippen LogP contribution in [-0.2, 0) is 4.74 Å². The molecule has 3 rings (SSSR count). The van der Waals surface area contributed by atoms with Crippen LogP contribution < -0.4 is 15.5 Å². The molecule has 2 saturated heterocycles. The fourth-order valence-corrected chi connectivity index (χ4v) is 4.36. The van der Waals surface area contributed by atoms with Crippen molar-refractivity contribution in [3.63, 3.8) is 0 Å². The molecule has 150 valence electrons. The molecule has 0 bridgehead atoms. The monoisotopic (exact) mass is 395 g/mol. The van der Waals surface area contributed by atoms with Crippen molar-refractivity contribution in [1.82, 2.24) is 15.6 Å². The van der Waals surface area contributed by atoms with Crippen molar-refractivity contribution in [2.75, 3.05) is 50.5 Å². The smallest absolute Gasteiger partial charge is 0.191 e. The Balaban J connectivity index is 1.60. The summed E-state index contributed by atoms with van der Waals surface area (Å²) in [7, 11) is 0. The second-order valence-electron chi connectivity index (χ2n) is 7.08. The van der Waals surface area contributed by atoms with Crippen molar-refractivity contribution < 1.29 is 9.13 Å². The van der Waals surface area contributed by atoms with Gasteiger partial charge in [-0.2, -0.15) is 11.8 Å². The van der Waals surface area contributed by atoms with Gasteiger partial charge in [0.2, 0.25) is 0 Å². The molecule has 1 aromatic rings. The van der Waals surface area contributed by atoms with Crippen molar-refractivity contribution in [2.45, 2.75) is 37.0 Å². The molecule has 8 heteroatoms. The lowest BCUT2D eigenvalue weighted by Crippen LogP contribution is -2.46. The van der Waals surface area contributed by atoms with Crippen LogP contribution in [0.25, 0.3) is 0 Å². The summed E-state index contributed by atoms with van der Waals surface area (Å²) in [5.74, 6) is 1.01. The molecule has 2 fully saturated rings. The Kier molecular flexibility index (Phi) is 7.18. The van der Waals surface area contributed by atoms with Crippen molar-refractivity contribution in [3.8, 4) is 0 Å². The van der Waals surface area contributed by atoms with E-state index in [4.69, 9.17) is 9.73 Å². The summed E-state index contributed by atoms with van der Waals surface area (Å²) in [6.07, 6.45) is 6.81. The molecule has 1 aromatic heterocycles. The highest BCUT2D eigenvalue weighted by atomic mass is 32.2. The SMILES string of the molecule is CCNC(=NCC1(SC)CCOCC1)NC1CCN(c2ncccc2F)C1. The highest BCUT2D eigenvalue weighted by molar-refractivity contribution is 8.00. The van der Waals surface area contributed by atoms with E-state index in [0.29, 0.717) is 5.82 Å². The van der Waals surface area contributed by atoms with Gasteiger partial charge >= 0.3 is 0 Å². The Morgan fingerprint density at radius 1 is 1.48 bits per heavy atom. The number of thioether (sulfide) groups is 1. The first-order valence-electron chi connectivity index (χ1n) is 9.69. The first-order chi connectivity index (χ1) is 13.2. The fraction of sp³-hybridized carbons (Fsp3) is 0.684. The van der Waals surface area contributed by atoms with Gasteiger partial charge in [0.15, 0.2) is 17.6 Å². The number of nitrogens with zero attached hydrogens (tertiary/aromatic N) is 3. The molecule has 0 radical (unpaired) electrons. The van der Waals surface area contributed by atoms with E-state index >= 15 is 0 Å². The maximum Gasteiger partial charge on any atom is 0.191 e. The number of aliphatic imine (C=N–C) groups is 1. The summed E-state index contributed by atoms with van der Waals surface area (Å²) in [6, 6.07) is 3.31. The minimum absolute atomic E-state index is 0.166. The van der Waals surface area contributed by atoms with E-state index in [1.54, 1.807) is 12.3 Å². The van der Waals surface area contributed by atoms with Crippen molar-refractivity contribution in [1.29, 1.82) is 0 Å². The van der Waals surface area contributed by atoms with Gasteiger partial charge in [0, 0.05) is 49.8 Å². The molecule has 0 aromatic carbocycles. The zero-order valence-corrected chi connectivity index (χ0v) is 17.0. The first kappa shape index (κ1) is 20.2. The van der Waals surface area contributed by atoms with Crippen LogP contribution in [0.2, 0.25) is 0 Å². The second-order valence-corrected chi connectivity index (χ2v) is 8.35. The Morgan fingerprint density at radius 2 is 2.30 bits per heavy atom. The van der Waals surface area contributed by atoms with Gasteiger partial charge in [-0.1, -0.05) is 0 Å². The third-order valence-electron chi connectivity index (χ3n) is 5.27. The molecular formula is C19H30FN5OS. The number of nitrogens with one attached hydrogen (secondary N) is 2. The van der Waals surface area contributed by atoms with Crippen molar-refractivity contribution >= 4 is 23.5 Å². The largest absolute Gasteiger partial charge is 0.381 e. The molecule has 6 nitrogen and oxygen atoms in total. The molecule has 2 aliphatic rings. The van der Waals surface area contributed by atoms with Crippen LogP contribution in [0.15, 0.2) is 23.3 Å². The maximum absolute atomic E-state index is 14.0.